The van der Waals surface area contributed by atoms with Crippen molar-refractivity contribution in [3.05, 3.63) is 48.0 Å². The summed E-state index contributed by atoms with van der Waals surface area (Å²) >= 11 is 0. The van der Waals surface area contributed by atoms with Crippen LogP contribution in [0.3, 0.4) is 0 Å². The normalized spacial score (nSPS) is 11.3. The van der Waals surface area contributed by atoms with E-state index in [1.165, 1.54) is 0 Å². The van der Waals surface area contributed by atoms with Gasteiger partial charge in [-0.25, -0.2) is 10.4 Å². The van der Waals surface area contributed by atoms with Gasteiger partial charge in [-0.3, -0.25) is 0 Å². The molecule has 124 valence electrons. The van der Waals surface area contributed by atoms with Gasteiger partial charge in [0.1, 0.15) is 0 Å². The number of rotatable bonds is 6. The molecule has 3 rings (SSSR count). The standard InChI is InChI=1S/C18H20N4O2/c1-12(2)24-16-9-8-13(10-17(16)23-3)11-19-22-18-20-14-6-4-5-7-15(14)21-18/h4-12H,1-3H3,(H2,20,21,22)/b19-11-. The van der Waals surface area contributed by atoms with Crippen LogP contribution in [0.25, 0.3) is 11.0 Å². The van der Waals surface area contributed by atoms with Crippen LogP contribution in [0.5, 0.6) is 11.5 Å². The van der Waals surface area contributed by atoms with E-state index in [4.69, 9.17) is 9.47 Å². The van der Waals surface area contributed by atoms with Gasteiger partial charge < -0.3 is 14.5 Å². The van der Waals surface area contributed by atoms with E-state index in [0.29, 0.717) is 11.7 Å². The van der Waals surface area contributed by atoms with E-state index in [0.717, 1.165) is 22.3 Å². The fourth-order valence-electron chi connectivity index (χ4n) is 2.29. The van der Waals surface area contributed by atoms with Crippen LogP contribution in [0.1, 0.15) is 19.4 Å². The number of para-hydroxylation sites is 2. The Balaban J connectivity index is 1.71. The highest BCUT2D eigenvalue weighted by atomic mass is 16.5. The number of nitrogens with zero attached hydrogens (tertiary/aromatic N) is 2. The first-order valence-corrected chi connectivity index (χ1v) is 7.74. The predicted octanol–water partition coefficient (Wildman–Crippen LogP) is 3.80. The van der Waals surface area contributed by atoms with Gasteiger partial charge in [0.2, 0.25) is 5.95 Å². The third kappa shape index (κ3) is 3.65. The summed E-state index contributed by atoms with van der Waals surface area (Å²) in [4.78, 5) is 7.55. The van der Waals surface area contributed by atoms with Gasteiger partial charge in [-0.2, -0.15) is 5.10 Å². The molecule has 0 fully saturated rings. The van der Waals surface area contributed by atoms with Crippen LogP contribution in [0.2, 0.25) is 0 Å². The number of methoxy groups -OCH3 is 1. The minimum atomic E-state index is 0.0909. The highest BCUT2D eigenvalue weighted by Gasteiger charge is 2.06. The summed E-state index contributed by atoms with van der Waals surface area (Å²) in [5, 5.41) is 4.21. The molecule has 1 heterocycles. The van der Waals surface area contributed by atoms with Crippen LogP contribution in [0.4, 0.5) is 5.95 Å². The molecule has 3 aromatic rings. The Morgan fingerprint density at radius 1 is 1.17 bits per heavy atom. The lowest BCUT2D eigenvalue weighted by Crippen LogP contribution is -2.06. The average Bonchev–Trinajstić information content (AvgIpc) is 2.98. The highest BCUT2D eigenvalue weighted by Crippen LogP contribution is 2.28. The smallest absolute Gasteiger partial charge is 0.222 e. The van der Waals surface area contributed by atoms with E-state index in [1.807, 2.05) is 56.3 Å². The summed E-state index contributed by atoms with van der Waals surface area (Å²) in [6, 6.07) is 13.5. The van der Waals surface area contributed by atoms with Crippen molar-refractivity contribution in [2.75, 3.05) is 12.5 Å². The van der Waals surface area contributed by atoms with Gasteiger partial charge >= 0.3 is 0 Å². The van der Waals surface area contributed by atoms with Crippen LogP contribution in [0.15, 0.2) is 47.6 Å². The molecule has 0 aliphatic rings. The van der Waals surface area contributed by atoms with Crippen molar-refractivity contribution < 1.29 is 9.47 Å². The molecule has 0 radical (unpaired) electrons. The van der Waals surface area contributed by atoms with Crippen molar-refractivity contribution in [3.8, 4) is 11.5 Å². The van der Waals surface area contributed by atoms with Crippen LogP contribution in [-0.2, 0) is 0 Å². The molecule has 0 aliphatic carbocycles. The molecule has 0 spiro atoms. The second-order valence-electron chi connectivity index (χ2n) is 5.55. The van der Waals surface area contributed by atoms with E-state index in [9.17, 15) is 0 Å². The van der Waals surface area contributed by atoms with Crippen molar-refractivity contribution in [1.82, 2.24) is 9.97 Å². The number of aromatic amines is 1. The maximum atomic E-state index is 5.70. The fourth-order valence-corrected chi connectivity index (χ4v) is 2.29. The Morgan fingerprint density at radius 3 is 2.75 bits per heavy atom. The zero-order valence-corrected chi connectivity index (χ0v) is 13.9. The quantitative estimate of drug-likeness (QED) is 0.534. The number of fused-ring (bicyclic) bond motifs is 1. The summed E-state index contributed by atoms with van der Waals surface area (Å²) in [7, 11) is 1.62. The largest absolute Gasteiger partial charge is 0.493 e. The zero-order valence-electron chi connectivity index (χ0n) is 13.9. The molecule has 0 atom stereocenters. The van der Waals surface area contributed by atoms with E-state index in [2.05, 4.69) is 20.5 Å². The first-order chi connectivity index (χ1) is 11.7. The molecule has 6 nitrogen and oxygen atoms in total. The number of anilines is 1. The Kier molecular flexibility index (Phi) is 4.65. The molecule has 0 saturated heterocycles. The van der Waals surface area contributed by atoms with Crippen molar-refractivity contribution in [1.29, 1.82) is 0 Å². The van der Waals surface area contributed by atoms with Gasteiger partial charge in [-0.05, 0) is 49.7 Å². The molecule has 2 aromatic carbocycles. The Labute approximate surface area is 140 Å². The van der Waals surface area contributed by atoms with Gasteiger partial charge in [0, 0.05) is 0 Å². The minimum Gasteiger partial charge on any atom is -0.493 e. The highest BCUT2D eigenvalue weighted by molar-refractivity contribution is 5.82. The molecular formula is C18H20N4O2. The van der Waals surface area contributed by atoms with E-state index in [1.54, 1.807) is 13.3 Å². The maximum Gasteiger partial charge on any atom is 0.222 e. The second kappa shape index (κ2) is 7.04. The lowest BCUT2D eigenvalue weighted by Gasteiger charge is -2.13. The number of hydrogen-bond donors (Lipinski definition) is 2. The number of hydrazone groups is 1. The van der Waals surface area contributed by atoms with Gasteiger partial charge in [0.05, 0.1) is 30.5 Å². The van der Waals surface area contributed by atoms with Crippen molar-refractivity contribution in [2.45, 2.75) is 20.0 Å². The van der Waals surface area contributed by atoms with Crippen LogP contribution < -0.4 is 14.9 Å². The monoisotopic (exact) mass is 324 g/mol. The molecule has 6 heteroatoms. The molecule has 0 amide bonds. The molecule has 0 saturated carbocycles. The Hall–Kier alpha value is -3.02. The summed E-state index contributed by atoms with van der Waals surface area (Å²) < 4.78 is 11.1. The molecule has 2 N–H and O–H groups in total. The van der Waals surface area contributed by atoms with Crippen molar-refractivity contribution in [2.24, 2.45) is 5.10 Å². The maximum absolute atomic E-state index is 5.70. The predicted molar refractivity (Wildman–Crippen MR) is 96.1 cm³/mol. The summed E-state index contributed by atoms with van der Waals surface area (Å²) in [6.07, 6.45) is 1.79. The summed E-state index contributed by atoms with van der Waals surface area (Å²) in [5.41, 5.74) is 5.65. The van der Waals surface area contributed by atoms with Gasteiger partial charge in [-0.15, -0.1) is 0 Å². The fraction of sp³-hybridized carbons (Fsp3) is 0.222. The van der Waals surface area contributed by atoms with Gasteiger partial charge in [-0.1, -0.05) is 12.1 Å². The van der Waals surface area contributed by atoms with E-state index < -0.39 is 0 Å². The molecular weight excluding hydrogens is 304 g/mol. The number of H-pyrrole nitrogens is 1. The molecule has 0 aliphatic heterocycles. The zero-order chi connectivity index (χ0) is 16.9. The molecule has 24 heavy (non-hydrogen) atoms. The van der Waals surface area contributed by atoms with Crippen LogP contribution in [0, 0.1) is 0 Å². The van der Waals surface area contributed by atoms with Crippen LogP contribution >= 0.6 is 0 Å². The number of hydrogen-bond acceptors (Lipinski definition) is 5. The first kappa shape index (κ1) is 15.9. The summed E-state index contributed by atoms with van der Waals surface area (Å²) in [5.74, 6) is 1.99. The topological polar surface area (TPSA) is 71.5 Å². The first-order valence-electron chi connectivity index (χ1n) is 7.74. The molecule has 0 unspecified atom stereocenters. The van der Waals surface area contributed by atoms with E-state index >= 15 is 0 Å². The average molecular weight is 324 g/mol. The second-order valence-corrected chi connectivity index (χ2v) is 5.55. The summed E-state index contributed by atoms with van der Waals surface area (Å²) in [6.45, 7) is 3.96. The van der Waals surface area contributed by atoms with E-state index in [-0.39, 0.29) is 6.10 Å². The minimum absolute atomic E-state index is 0.0909. The van der Waals surface area contributed by atoms with Crippen molar-refractivity contribution >= 4 is 23.2 Å². The number of benzene rings is 2. The SMILES string of the molecule is COc1cc(/C=N\Nc2nc3ccccc3[nH]2)ccc1OC(C)C. The van der Waals surface area contributed by atoms with Gasteiger partial charge in [0.15, 0.2) is 11.5 Å². The third-order valence-electron chi connectivity index (χ3n) is 3.32. The lowest BCUT2D eigenvalue weighted by atomic mass is 10.2. The number of nitrogens with one attached hydrogen (secondary N) is 2. The van der Waals surface area contributed by atoms with Crippen LogP contribution in [-0.4, -0.2) is 29.4 Å². The Bertz CT molecular complexity index is 822. The molecule has 1 aromatic heterocycles. The molecule has 0 bridgehead atoms. The van der Waals surface area contributed by atoms with Gasteiger partial charge in [0.25, 0.3) is 0 Å². The number of aromatic nitrogens is 2. The number of ether oxygens (including phenoxy) is 2. The Morgan fingerprint density at radius 2 is 2.00 bits per heavy atom. The third-order valence-corrected chi connectivity index (χ3v) is 3.32. The lowest BCUT2D eigenvalue weighted by molar-refractivity contribution is 0.230. The number of imidazole rings is 1. The van der Waals surface area contributed by atoms with Crippen molar-refractivity contribution in [3.63, 3.8) is 0 Å².